The van der Waals surface area contributed by atoms with E-state index >= 15 is 0 Å². The third kappa shape index (κ3) is 7.45. The van der Waals surface area contributed by atoms with Gasteiger partial charge in [0.25, 0.3) is 11.8 Å². The van der Waals surface area contributed by atoms with Crippen LogP contribution in [0.4, 0.5) is 9.59 Å². The van der Waals surface area contributed by atoms with Gasteiger partial charge in [-0.05, 0) is 138 Å². The third-order valence-corrected chi connectivity index (χ3v) is 16.7. The molecular weight excluding hydrogens is 1040 g/mol. The van der Waals surface area contributed by atoms with Gasteiger partial charge in [-0.2, -0.15) is 0 Å². The Hall–Kier alpha value is -3.20. The van der Waals surface area contributed by atoms with E-state index in [2.05, 4.69) is 78.3 Å². The van der Waals surface area contributed by atoms with Crippen molar-refractivity contribution in [1.29, 1.82) is 0 Å². The van der Waals surface area contributed by atoms with Gasteiger partial charge in [0.1, 0.15) is 28.9 Å². The number of halogens is 3. The van der Waals surface area contributed by atoms with Gasteiger partial charge in [-0.25, -0.2) is 9.59 Å². The monoisotopic (exact) mass is 1100 g/mol. The molecule has 10 aliphatic rings. The second-order valence-electron chi connectivity index (χ2n) is 20.3. The Balaban J connectivity index is 0.000000148. The van der Waals surface area contributed by atoms with Crippen LogP contribution in [0.5, 0.6) is 5.75 Å². The van der Waals surface area contributed by atoms with Crippen LogP contribution in [0.25, 0.3) is 0 Å². The van der Waals surface area contributed by atoms with Crippen molar-refractivity contribution >= 4 is 85.9 Å². The summed E-state index contributed by atoms with van der Waals surface area (Å²) in [5.74, 6) is 0.412. The summed E-state index contributed by atoms with van der Waals surface area (Å²) in [6, 6.07) is 8.31. The summed E-state index contributed by atoms with van der Waals surface area (Å²) >= 11 is 9.31. The number of carbonyl (C=O) groups is 6. The highest BCUT2D eigenvalue weighted by Crippen LogP contribution is 2.62. The first kappa shape index (κ1) is 46.5. The number of likely N-dealkylation sites (tertiary alicyclic amines) is 2. The van der Waals surface area contributed by atoms with Crippen molar-refractivity contribution in [3.05, 3.63) is 64.2 Å². The van der Waals surface area contributed by atoms with Crippen molar-refractivity contribution in [2.24, 2.45) is 11.8 Å². The Morgan fingerprint density at radius 3 is 1.48 bits per heavy atom. The van der Waals surface area contributed by atoms with E-state index < -0.39 is 57.3 Å². The van der Waals surface area contributed by atoms with Crippen molar-refractivity contribution in [2.75, 3.05) is 26.2 Å². The van der Waals surface area contributed by atoms with Gasteiger partial charge >= 0.3 is 15.2 Å². The van der Waals surface area contributed by atoms with Gasteiger partial charge in [0.05, 0.1) is 11.2 Å². The standard InChI is InChI=1S/C23H27N3O4.C22H25N3O5.C2H6.BBr3/c1-13-2-5-15-16(10-13)21-8-9-26(11-14-3-4-14)18(17(15)27)23(21,30)7-6-22(12-21)19(28)24-20(29)25-22;26-13-3-4-14-15(9-13)20-7-8-25(10-12-1-2-12)17(16(14)27)22(20,30)6-5-21(11-20)18(28)23-19(29)24-21;1-2;2-1(3)4/h2,5,10,14,18,30H,3-4,6-9,11-12H2,1H3,(H2,24,25,28,29);3-4,9,12,17,26,30H,1-2,5-8,10-11H2,(H2,23,24,28,29);1-2H3;/t18-,21-,22+,23-;17-,20-,21+,22-;;/m11../s1/i;;1D;. The van der Waals surface area contributed by atoms with Crippen LogP contribution in [-0.2, 0) is 20.4 Å². The SMILES string of the molecule is BrB(Br)Br.Cc1ccc2c(c1)[C@]13CCN(CC4CC4)[C@H](C2=O)[C@]1(O)CC[C@@]1(C3)NC(=O)NC1=O.O=C1NC(=O)[C@@]2(CC[C@@]3(O)[C@H]4C(=O)c5ccc(O)cc5[C@@]3(CCN4CC3CC3)C2)N1.[2H]CC. The molecule has 0 radical (unpaired) electrons. The number of carbonyl (C=O) groups excluding carboxylic acids is 6. The number of rotatable bonds is 4. The van der Waals surface area contributed by atoms with Gasteiger partial charge in [-0.15, -0.1) is 47.3 Å². The first-order valence-electron chi connectivity index (χ1n) is 23.9. The van der Waals surface area contributed by atoms with E-state index in [1.165, 1.54) is 18.9 Å². The fourth-order valence-corrected chi connectivity index (χ4v) is 13.5. The number of phenolic OH excluding ortho intramolecular Hbond substituents is 1. The Morgan fingerprint density at radius 1 is 0.682 bits per heavy atom. The molecular formula is C47H58BBr3N6O9. The summed E-state index contributed by atoms with van der Waals surface area (Å²) in [6.45, 7) is 7.27. The van der Waals surface area contributed by atoms with E-state index in [4.69, 9.17) is 1.37 Å². The summed E-state index contributed by atoms with van der Waals surface area (Å²) in [5, 5.41) is 45.1. The number of hydrogen-bond donors (Lipinski definition) is 7. The molecule has 2 aromatic rings. The molecule has 6 aliphatic carbocycles. The molecule has 2 aromatic carbocycles. The number of hydrogen-bond acceptors (Lipinski definition) is 11. The summed E-state index contributed by atoms with van der Waals surface area (Å²) in [5.41, 5.74) is -2.70. The normalized spacial score (nSPS) is 37.1. The molecule has 7 N–H and O–H groups in total. The molecule has 0 aromatic heterocycles. The van der Waals surface area contributed by atoms with Crippen molar-refractivity contribution in [1.82, 2.24) is 31.1 Å². The summed E-state index contributed by atoms with van der Waals surface area (Å²) in [7, 11) is 0. The Labute approximate surface area is 411 Å². The molecule has 4 bridgehead atoms. The Bertz CT molecular complexity index is 2270. The lowest BCUT2D eigenvalue weighted by molar-refractivity contribution is -0.167. The number of aliphatic hydroxyl groups is 2. The molecule has 6 amide bonds. The zero-order valence-corrected chi connectivity index (χ0v) is 41.9. The first-order valence-corrected chi connectivity index (χ1v) is 25.9. The number of imide groups is 2. The highest BCUT2D eigenvalue weighted by atomic mass is 79.9. The minimum atomic E-state index is -1.35. The molecule has 4 aliphatic heterocycles. The van der Waals surface area contributed by atoms with Crippen LogP contribution >= 0.6 is 47.3 Å². The number of piperidine rings is 2. The third-order valence-electron chi connectivity index (χ3n) is 16.7. The number of ketones is 2. The molecule has 0 unspecified atom stereocenters. The molecule has 4 heterocycles. The zero-order chi connectivity index (χ0) is 48.1. The molecule has 354 valence electrons. The van der Waals surface area contributed by atoms with E-state index in [9.17, 15) is 44.1 Å². The van der Waals surface area contributed by atoms with Crippen LogP contribution in [0.1, 0.15) is 130 Å². The number of aryl methyl sites for hydroxylation is 1. The highest BCUT2D eigenvalue weighted by molar-refractivity contribution is 9.69. The first-order chi connectivity index (χ1) is 31.7. The lowest BCUT2D eigenvalue weighted by Crippen LogP contribution is -2.77. The van der Waals surface area contributed by atoms with Gasteiger partial charge in [0.15, 0.2) is 11.6 Å². The second-order valence-corrected chi connectivity index (χ2v) is 26.7. The number of benzene rings is 2. The van der Waals surface area contributed by atoms with E-state index in [1.807, 2.05) is 25.1 Å². The summed E-state index contributed by atoms with van der Waals surface area (Å²) in [6.07, 6.45) is 7.60. The van der Waals surface area contributed by atoms with E-state index in [0.717, 1.165) is 37.1 Å². The maximum absolute atomic E-state index is 13.7. The van der Waals surface area contributed by atoms with Crippen LogP contribution in [0, 0.1) is 18.8 Å². The minimum Gasteiger partial charge on any atom is -0.508 e. The topological polar surface area (TPSA) is 218 Å². The lowest BCUT2D eigenvalue weighted by atomic mass is 9.46. The molecule has 8 fully saturated rings. The summed E-state index contributed by atoms with van der Waals surface area (Å²) < 4.78 is 6.48. The van der Waals surface area contributed by atoms with Crippen molar-refractivity contribution < 1.29 is 45.5 Å². The fraction of sp³-hybridized carbons (Fsp3) is 0.617. The van der Waals surface area contributed by atoms with Crippen LogP contribution in [-0.4, -0.2) is 124 Å². The second kappa shape index (κ2) is 17.0. The molecule has 4 saturated heterocycles. The Morgan fingerprint density at radius 2 is 1.09 bits per heavy atom. The maximum Gasteiger partial charge on any atom is 0.369 e. The van der Waals surface area contributed by atoms with Crippen LogP contribution in [0.15, 0.2) is 36.4 Å². The number of nitrogens with one attached hydrogen (secondary N) is 4. The lowest BCUT2D eigenvalue weighted by Gasteiger charge is -2.65. The number of phenols is 1. The average molecular weight is 1100 g/mol. The van der Waals surface area contributed by atoms with Crippen LogP contribution in [0.2, 0.25) is 0 Å². The molecule has 4 saturated carbocycles. The number of urea groups is 2. The molecule has 15 nitrogen and oxygen atoms in total. The fourth-order valence-electron chi connectivity index (χ4n) is 13.5. The largest absolute Gasteiger partial charge is 0.508 e. The minimum absolute atomic E-state index is 0.000617. The number of nitrogens with zero attached hydrogens (tertiary/aromatic N) is 2. The number of aromatic hydroxyl groups is 1. The van der Waals surface area contributed by atoms with Gasteiger partial charge < -0.3 is 26.0 Å². The van der Waals surface area contributed by atoms with Crippen LogP contribution < -0.4 is 21.3 Å². The molecule has 2 spiro atoms. The zero-order valence-electron chi connectivity index (χ0n) is 38.2. The van der Waals surface area contributed by atoms with Crippen molar-refractivity contribution in [2.45, 2.75) is 143 Å². The molecule has 19 heteroatoms. The van der Waals surface area contributed by atoms with Gasteiger partial charge in [-0.3, -0.25) is 39.6 Å². The molecule has 8 atom stereocenters. The maximum atomic E-state index is 13.7. The van der Waals surface area contributed by atoms with Crippen molar-refractivity contribution in [3.63, 3.8) is 0 Å². The number of Topliss-reactive ketones (excluding diaryl/α,β-unsaturated/α-hetero) is 2. The smallest absolute Gasteiger partial charge is 0.369 e. The quantitative estimate of drug-likeness (QED) is 0.152. The van der Waals surface area contributed by atoms with E-state index in [0.29, 0.717) is 80.6 Å². The van der Waals surface area contributed by atoms with Gasteiger partial charge in [0.2, 0.25) is 0 Å². The van der Waals surface area contributed by atoms with Gasteiger partial charge in [-0.1, -0.05) is 37.6 Å². The number of amides is 6. The van der Waals surface area contributed by atoms with Crippen molar-refractivity contribution in [3.8, 4) is 5.75 Å². The Kier molecular flexibility index (Phi) is 12.0. The highest BCUT2D eigenvalue weighted by Gasteiger charge is 2.73. The predicted molar refractivity (Wildman–Crippen MR) is 257 cm³/mol. The average Bonchev–Trinajstić information content (AvgIpc) is 4.20. The summed E-state index contributed by atoms with van der Waals surface area (Å²) in [4.78, 5) is 81.2. The van der Waals surface area contributed by atoms with Crippen LogP contribution in [0.3, 0.4) is 0 Å². The van der Waals surface area contributed by atoms with E-state index in [1.54, 1.807) is 19.1 Å². The van der Waals surface area contributed by atoms with E-state index in [-0.39, 0.29) is 51.6 Å². The number of fused-ring (bicyclic) bond motifs is 2. The predicted octanol–water partition coefficient (Wildman–Crippen LogP) is 5.39. The molecule has 12 rings (SSSR count). The molecule has 66 heavy (non-hydrogen) atoms. The van der Waals surface area contributed by atoms with Gasteiger partial charge in [0, 0.05) is 36.4 Å².